The Bertz CT molecular complexity index is 212. The molecule has 1 aliphatic heterocycles. The number of carbonyl (C=O) groups is 2. The Balaban J connectivity index is 2.42. The average molecular weight is 174 g/mol. The number of esters is 1. The zero-order chi connectivity index (χ0) is 9.19. The van der Waals surface area contributed by atoms with E-state index in [1.165, 1.54) is 0 Å². The van der Waals surface area contributed by atoms with Crippen LogP contribution in [0, 0.1) is 5.41 Å². The van der Waals surface area contributed by atoms with E-state index in [2.05, 4.69) is 4.74 Å². The first-order valence-corrected chi connectivity index (χ1v) is 3.39. The molecule has 0 saturated carbocycles. The second-order valence-electron chi connectivity index (χ2n) is 2.87. The van der Waals surface area contributed by atoms with Gasteiger partial charge in [-0.15, -0.1) is 0 Å². The average Bonchev–Trinajstić information content (AvgIpc) is 1.99. The van der Waals surface area contributed by atoms with Crippen LogP contribution in [0.1, 0.15) is 6.92 Å². The van der Waals surface area contributed by atoms with E-state index < -0.39 is 17.5 Å². The summed E-state index contributed by atoms with van der Waals surface area (Å²) in [6, 6.07) is 0. The number of hydrazine groups is 1. The van der Waals surface area contributed by atoms with Crippen molar-refractivity contribution in [2.75, 3.05) is 13.2 Å². The van der Waals surface area contributed by atoms with Crippen molar-refractivity contribution in [2.24, 2.45) is 11.3 Å². The number of hydrogen-bond acceptors (Lipinski definition) is 5. The Morgan fingerprint density at radius 1 is 1.58 bits per heavy atom. The van der Waals surface area contributed by atoms with Crippen LogP contribution in [0.2, 0.25) is 0 Å². The van der Waals surface area contributed by atoms with Gasteiger partial charge in [-0.1, -0.05) is 0 Å². The van der Waals surface area contributed by atoms with Crippen LogP contribution in [-0.2, 0) is 14.3 Å². The van der Waals surface area contributed by atoms with Crippen LogP contribution >= 0.6 is 0 Å². The molecule has 0 aromatic heterocycles. The molecule has 1 heterocycles. The molecular weight excluding hydrogens is 164 g/mol. The van der Waals surface area contributed by atoms with E-state index in [-0.39, 0.29) is 13.2 Å². The summed E-state index contributed by atoms with van der Waals surface area (Å²) in [6.07, 6.45) is -0.951. The second kappa shape index (κ2) is 3.08. The van der Waals surface area contributed by atoms with Gasteiger partial charge in [-0.05, 0) is 6.92 Å². The molecule has 1 rings (SSSR count). The van der Waals surface area contributed by atoms with Crippen LogP contribution in [0.5, 0.6) is 0 Å². The minimum atomic E-state index is -0.951. The molecule has 0 radical (unpaired) electrons. The number of nitrogens with two attached hydrogens (primary N) is 1. The molecule has 0 aromatic rings. The topological polar surface area (TPSA) is 90.7 Å². The van der Waals surface area contributed by atoms with Gasteiger partial charge in [0, 0.05) is 0 Å². The third-order valence-corrected chi connectivity index (χ3v) is 1.64. The summed E-state index contributed by atoms with van der Waals surface area (Å²) >= 11 is 0. The third kappa shape index (κ3) is 1.54. The van der Waals surface area contributed by atoms with Crippen molar-refractivity contribution in [3.63, 3.8) is 0 Å². The highest BCUT2D eigenvalue weighted by Gasteiger charge is 2.43. The first-order valence-electron chi connectivity index (χ1n) is 3.39. The molecule has 6 heteroatoms. The van der Waals surface area contributed by atoms with Crippen LogP contribution < -0.4 is 11.3 Å². The van der Waals surface area contributed by atoms with Crippen molar-refractivity contribution < 1.29 is 19.1 Å². The van der Waals surface area contributed by atoms with Gasteiger partial charge in [0.15, 0.2) is 0 Å². The van der Waals surface area contributed by atoms with Crippen LogP contribution in [0.3, 0.4) is 0 Å². The van der Waals surface area contributed by atoms with Crippen molar-refractivity contribution in [2.45, 2.75) is 6.92 Å². The molecule has 3 N–H and O–H groups in total. The van der Waals surface area contributed by atoms with Crippen LogP contribution in [-0.4, -0.2) is 25.3 Å². The molecule has 0 aliphatic carbocycles. The Morgan fingerprint density at radius 2 is 2.17 bits per heavy atom. The van der Waals surface area contributed by atoms with E-state index >= 15 is 0 Å². The summed E-state index contributed by atoms with van der Waals surface area (Å²) in [4.78, 5) is 21.6. The van der Waals surface area contributed by atoms with E-state index in [1.54, 1.807) is 12.3 Å². The highest BCUT2D eigenvalue weighted by Crippen LogP contribution is 2.27. The summed E-state index contributed by atoms with van der Waals surface area (Å²) in [5.41, 5.74) is 1.01. The fourth-order valence-corrected chi connectivity index (χ4v) is 0.763. The zero-order valence-electron chi connectivity index (χ0n) is 6.62. The zero-order valence-corrected chi connectivity index (χ0v) is 6.62. The van der Waals surface area contributed by atoms with E-state index in [1.807, 2.05) is 0 Å². The van der Waals surface area contributed by atoms with Gasteiger partial charge in [0.1, 0.15) is 5.41 Å². The third-order valence-electron chi connectivity index (χ3n) is 1.64. The van der Waals surface area contributed by atoms with Crippen molar-refractivity contribution in [3.8, 4) is 0 Å². The summed E-state index contributed by atoms with van der Waals surface area (Å²) in [5.74, 6) is 4.10. The number of ether oxygens (including phenoxy) is 2. The molecule has 1 saturated heterocycles. The number of rotatable bonds is 1. The highest BCUT2D eigenvalue weighted by molar-refractivity contribution is 5.88. The lowest BCUT2D eigenvalue weighted by Gasteiger charge is -2.34. The smallest absolute Gasteiger partial charge is 0.379 e. The molecule has 0 unspecified atom stereocenters. The van der Waals surface area contributed by atoms with Gasteiger partial charge >= 0.3 is 12.1 Å². The molecule has 0 atom stereocenters. The Kier molecular flexibility index (Phi) is 2.30. The van der Waals surface area contributed by atoms with E-state index in [4.69, 9.17) is 10.6 Å². The fraction of sp³-hybridized carbons (Fsp3) is 0.667. The maximum Gasteiger partial charge on any atom is 0.429 e. The van der Waals surface area contributed by atoms with Gasteiger partial charge in [-0.2, -0.15) is 0 Å². The van der Waals surface area contributed by atoms with E-state index in [9.17, 15) is 9.59 Å². The number of carbonyl (C=O) groups excluding carboxylic acids is 2. The maximum absolute atomic E-state index is 11.1. The Labute approximate surface area is 69.0 Å². The maximum atomic E-state index is 11.1. The summed E-state index contributed by atoms with van der Waals surface area (Å²) in [5, 5.41) is 0. The molecule has 0 spiro atoms. The number of amides is 1. The number of hydrogen-bond donors (Lipinski definition) is 2. The molecule has 1 amide bonds. The standard InChI is InChI=1S/C6H10N2O4/c1-6(2-11-3-6)4(9)12-5(10)8-7/h2-3,7H2,1H3,(H,8,10). The lowest BCUT2D eigenvalue weighted by Crippen LogP contribution is -2.49. The molecule has 68 valence electrons. The van der Waals surface area contributed by atoms with Gasteiger partial charge in [-0.25, -0.2) is 10.6 Å². The van der Waals surface area contributed by atoms with Crippen molar-refractivity contribution in [1.82, 2.24) is 5.43 Å². The van der Waals surface area contributed by atoms with E-state index in [0.29, 0.717) is 0 Å². The minimum absolute atomic E-state index is 0.281. The Hall–Kier alpha value is -1.14. The predicted octanol–water partition coefficient (Wildman–Crippen LogP) is -0.851. The largest absolute Gasteiger partial charge is 0.429 e. The van der Waals surface area contributed by atoms with Crippen molar-refractivity contribution in [3.05, 3.63) is 0 Å². The molecular formula is C6H10N2O4. The summed E-state index contributed by atoms with van der Waals surface area (Å²) < 4.78 is 9.12. The number of nitrogens with one attached hydrogen (secondary N) is 1. The lowest BCUT2D eigenvalue weighted by molar-refractivity contribution is -0.175. The Morgan fingerprint density at radius 3 is 2.50 bits per heavy atom. The predicted molar refractivity (Wildman–Crippen MR) is 37.7 cm³/mol. The van der Waals surface area contributed by atoms with E-state index in [0.717, 1.165) is 0 Å². The van der Waals surface area contributed by atoms with Gasteiger partial charge in [0.25, 0.3) is 0 Å². The van der Waals surface area contributed by atoms with Crippen LogP contribution in [0.4, 0.5) is 4.79 Å². The normalized spacial score (nSPS) is 19.2. The molecule has 12 heavy (non-hydrogen) atoms. The first kappa shape index (κ1) is 8.95. The molecule has 1 fully saturated rings. The lowest BCUT2D eigenvalue weighted by atomic mass is 9.89. The van der Waals surface area contributed by atoms with Gasteiger partial charge in [0.05, 0.1) is 13.2 Å². The molecule has 6 nitrogen and oxygen atoms in total. The molecule has 0 aromatic carbocycles. The SMILES string of the molecule is CC1(C(=O)OC(=O)NN)COC1. The summed E-state index contributed by atoms with van der Waals surface area (Å²) in [6.45, 7) is 2.22. The van der Waals surface area contributed by atoms with Gasteiger partial charge in [-0.3, -0.25) is 10.2 Å². The monoisotopic (exact) mass is 174 g/mol. The first-order chi connectivity index (χ1) is 5.58. The van der Waals surface area contributed by atoms with Crippen LogP contribution in [0.25, 0.3) is 0 Å². The second-order valence-corrected chi connectivity index (χ2v) is 2.87. The summed E-state index contributed by atoms with van der Waals surface area (Å²) in [7, 11) is 0. The molecule has 1 aliphatic rings. The van der Waals surface area contributed by atoms with Gasteiger partial charge in [0.2, 0.25) is 0 Å². The highest BCUT2D eigenvalue weighted by atomic mass is 16.6. The van der Waals surface area contributed by atoms with Gasteiger partial charge < -0.3 is 9.47 Å². The van der Waals surface area contributed by atoms with Crippen molar-refractivity contribution >= 4 is 12.1 Å². The minimum Gasteiger partial charge on any atom is -0.379 e. The quantitative estimate of drug-likeness (QED) is 0.178. The van der Waals surface area contributed by atoms with Crippen LogP contribution in [0.15, 0.2) is 0 Å². The van der Waals surface area contributed by atoms with Crippen molar-refractivity contribution in [1.29, 1.82) is 0 Å². The molecule has 0 bridgehead atoms. The fourth-order valence-electron chi connectivity index (χ4n) is 0.763.